The summed E-state index contributed by atoms with van der Waals surface area (Å²) in [5.41, 5.74) is 0.0837. The van der Waals surface area contributed by atoms with Crippen LogP contribution in [0.25, 0.3) is 0 Å². The summed E-state index contributed by atoms with van der Waals surface area (Å²) in [6, 6.07) is 7.39. The van der Waals surface area contributed by atoms with E-state index in [1.807, 2.05) is 0 Å². The maximum atomic E-state index is 13.5. The standard InChI is InChI=1S/C16H12F3NO2/c17-10-4-5-14-9(6-10)7-11(22-14)8-20-16(21)15-12(18)2-1-3-13(15)19/h1-6,11H,7-8H2,(H,20,21). The number of carbonyl (C=O) groups is 1. The number of fused-ring (bicyclic) bond motifs is 1. The summed E-state index contributed by atoms with van der Waals surface area (Å²) in [4.78, 5) is 11.9. The van der Waals surface area contributed by atoms with Crippen LogP contribution in [0.1, 0.15) is 15.9 Å². The predicted octanol–water partition coefficient (Wildman–Crippen LogP) is 2.84. The lowest BCUT2D eigenvalue weighted by Gasteiger charge is -2.12. The molecule has 0 saturated carbocycles. The Labute approximate surface area is 124 Å². The number of rotatable bonds is 3. The Hall–Kier alpha value is -2.50. The van der Waals surface area contributed by atoms with E-state index in [-0.39, 0.29) is 12.4 Å². The van der Waals surface area contributed by atoms with Crippen molar-refractivity contribution < 1.29 is 22.7 Å². The van der Waals surface area contributed by atoms with Crippen LogP contribution in [0.4, 0.5) is 13.2 Å². The van der Waals surface area contributed by atoms with Gasteiger partial charge in [-0.15, -0.1) is 0 Å². The number of nitrogens with one attached hydrogen (secondary N) is 1. The lowest BCUT2D eigenvalue weighted by molar-refractivity contribution is 0.0925. The molecule has 0 saturated heterocycles. The van der Waals surface area contributed by atoms with Gasteiger partial charge in [-0.3, -0.25) is 4.79 Å². The van der Waals surface area contributed by atoms with Gasteiger partial charge in [-0.1, -0.05) is 6.07 Å². The number of halogens is 3. The summed E-state index contributed by atoms with van der Waals surface area (Å²) in [5.74, 6) is -2.50. The van der Waals surface area contributed by atoms with E-state index in [9.17, 15) is 18.0 Å². The Bertz CT molecular complexity index is 713. The number of carbonyl (C=O) groups excluding carboxylic acids is 1. The molecular formula is C16H12F3NO2. The van der Waals surface area contributed by atoms with Crippen molar-refractivity contribution in [2.24, 2.45) is 0 Å². The first-order chi connectivity index (χ1) is 10.5. The molecule has 1 atom stereocenters. The van der Waals surface area contributed by atoms with E-state index in [4.69, 9.17) is 4.74 Å². The Balaban J connectivity index is 1.64. The van der Waals surface area contributed by atoms with Gasteiger partial charge in [0.25, 0.3) is 5.91 Å². The summed E-state index contributed by atoms with van der Waals surface area (Å²) in [5, 5.41) is 2.43. The Morgan fingerprint density at radius 1 is 1.18 bits per heavy atom. The van der Waals surface area contributed by atoms with Gasteiger partial charge in [0.1, 0.15) is 34.9 Å². The number of benzene rings is 2. The molecule has 3 nitrogen and oxygen atoms in total. The second-order valence-electron chi connectivity index (χ2n) is 5.00. The molecule has 114 valence electrons. The van der Waals surface area contributed by atoms with Gasteiger partial charge in [-0.05, 0) is 30.3 Å². The summed E-state index contributed by atoms with van der Waals surface area (Å²) in [7, 11) is 0. The molecule has 1 heterocycles. The molecule has 1 aliphatic heterocycles. The normalized spacial score (nSPS) is 16.0. The van der Waals surface area contributed by atoms with Crippen LogP contribution in [-0.4, -0.2) is 18.6 Å². The second-order valence-corrected chi connectivity index (χ2v) is 5.00. The van der Waals surface area contributed by atoms with Crippen LogP contribution < -0.4 is 10.1 Å². The first kappa shape index (κ1) is 14.4. The molecule has 0 aliphatic carbocycles. The molecule has 0 aromatic heterocycles. The molecule has 1 amide bonds. The van der Waals surface area contributed by atoms with E-state index in [0.717, 1.165) is 12.1 Å². The van der Waals surface area contributed by atoms with Gasteiger partial charge in [0.15, 0.2) is 0 Å². The van der Waals surface area contributed by atoms with Gasteiger partial charge in [-0.2, -0.15) is 0 Å². The molecule has 1 unspecified atom stereocenters. The van der Waals surface area contributed by atoms with Crippen molar-refractivity contribution in [3.05, 3.63) is 65.0 Å². The third-order valence-electron chi connectivity index (χ3n) is 3.44. The second kappa shape index (κ2) is 5.71. The number of hydrogen-bond acceptors (Lipinski definition) is 2. The van der Waals surface area contributed by atoms with E-state index >= 15 is 0 Å². The molecule has 2 aromatic carbocycles. The zero-order chi connectivity index (χ0) is 15.7. The smallest absolute Gasteiger partial charge is 0.257 e. The van der Waals surface area contributed by atoms with Gasteiger partial charge in [0.05, 0.1) is 6.54 Å². The molecule has 0 spiro atoms. The Kier molecular flexibility index (Phi) is 3.75. The molecule has 1 N–H and O–H groups in total. The molecule has 22 heavy (non-hydrogen) atoms. The highest BCUT2D eigenvalue weighted by atomic mass is 19.1. The van der Waals surface area contributed by atoms with Crippen LogP contribution in [0.5, 0.6) is 5.75 Å². The quantitative estimate of drug-likeness (QED) is 0.947. The maximum Gasteiger partial charge on any atom is 0.257 e. The van der Waals surface area contributed by atoms with Crippen molar-refractivity contribution in [2.45, 2.75) is 12.5 Å². The highest BCUT2D eigenvalue weighted by Crippen LogP contribution is 2.29. The van der Waals surface area contributed by atoms with Crippen molar-refractivity contribution in [2.75, 3.05) is 6.54 Å². The van der Waals surface area contributed by atoms with Gasteiger partial charge >= 0.3 is 0 Å². The van der Waals surface area contributed by atoms with E-state index in [0.29, 0.717) is 17.7 Å². The fourth-order valence-electron chi connectivity index (χ4n) is 2.41. The van der Waals surface area contributed by atoms with E-state index in [1.165, 1.54) is 24.3 Å². The van der Waals surface area contributed by atoms with Crippen LogP contribution in [-0.2, 0) is 6.42 Å². The van der Waals surface area contributed by atoms with Crippen LogP contribution >= 0.6 is 0 Å². The zero-order valence-corrected chi connectivity index (χ0v) is 11.4. The lowest BCUT2D eigenvalue weighted by Crippen LogP contribution is -2.35. The van der Waals surface area contributed by atoms with E-state index < -0.39 is 29.2 Å². The largest absolute Gasteiger partial charge is 0.488 e. The van der Waals surface area contributed by atoms with Crippen molar-refractivity contribution in [3.63, 3.8) is 0 Å². The van der Waals surface area contributed by atoms with E-state index in [2.05, 4.69) is 5.32 Å². The van der Waals surface area contributed by atoms with Gasteiger partial charge < -0.3 is 10.1 Å². The van der Waals surface area contributed by atoms with Crippen molar-refractivity contribution >= 4 is 5.91 Å². The Morgan fingerprint density at radius 3 is 2.64 bits per heavy atom. The molecule has 3 rings (SSSR count). The third kappa shape index (κ3) is 2.77. The molecular weight excluding hydrogens is 295 g/mol. The zero-order valence-electron chi connectivity index (χ0n) is 11.4. The van der Waals surface area contributed by atoms with Crippen LogP contribution in [0.3, 0.4) is 0 Å². The number of hydrogen-bond donors (Lipinski definition) is 1. The fraction of sp³-hybridized carbons (Fsp3) is 0.188. The summed E-state index contributed by atoms with van der Waals surface area (Å²) < 4.78 is 45.6. The predicted molar refractivity (Wildman–Crippen MR) is 73.2 cm³/mol. The van der Waals surface area contributed by atoms with Crippen LogP contribution in [0.15, 0.2) is 36.4 Å². The third-order valence-corrected chi connectivity index (χ3v) is 3.44. The first-order valence-corrected chi connectivity index (χ1v) is 6.72. The first-order valence-electron chi connectivity index (χ1n) is 6.72. The summed E-state index contributed by atoms with van der Waals surface area (Å²) >= 11 is 0. The summed E-state index contributed by atoms with van der Waals surface area (Å²) in [6.45, 7) is 0.0723. The van der Waals surface area contributed by atoms with Crippen LogP contribution in [0.2, 0.25) is 0 Å². The minimum Gasteiger partial charge on any atom is -0.488 e. The topological polar surface area (TPSA) is 38.3 Å². The maximum absolute atomic E-state index is 13.5. The molecule has 6 heteroatoms. The molecule has 2 aromatic rings. The summed E-state index contributed by atoms with van der Waals surface area (Å²) in [6.07, 6.45) is 0.0308. The molecule has 0 fully saturated rings. The highest BCUT2D eigenvalue weighted by Gasteiger charge is 2.25. The van der Waals surface area contributed by atoms with Crippen LogP contribution in [0, 0.1) is 17.5 Å². The number of amides is 1. The van der Waals surface area contributed by atoms with Crippen molar-refractivity contribution in [1.82, 2.24) is 5.32 Å². The Morgan fingerprint density at radius 2 is 1.91 bits per heavy atom. The lowest BCUT2D eigenvalue weighted by atomic mass is 10.1. The molecule has 0 bridgehead atoms. The van der Waals surface area contributed by atoms with Gasteiger partial charge in [0.2, 0.25) is 0 Å². The van der Waals surface area contributed by atoms with Gasteiger partial charge in [-0.25, -0.2) is 13.2 Å². The monoisotopic (exact) mass is 307 g/mol. The molecule has 1 aliphatic rings. The minimum atomic E-state index is -0.921. The van der Waals surface area contributed by atoms with Crippen molar-refractivity contribution in [3.8, 4) is 5.75 Å². The van der Waals surface area contributed by atoms with Gasteiger partial charge in [0, 0.05) is 12.0 Å². The minimum absolute atomic E-state index is 0.0723. The fourth-order valence-corrected chi connectivity index (χ4v) is 2.41. The SMILES string of the molecule is O=C(NCC1Cc2cc(F)ccc2O1)c1c(F)cccc1F. The molecule has 0 radical (unpaired) electrons. The average Bonchev–Trinajstić information content (AvgIpc) is 2.87. The van der Waals surface area contributed by atoms with Crippen molar-refractivity contribution in [1.29, 1.82) is 0 Å². The average molecular weight is 307 g/mol. The number of ether oxygens (including phenoxy) is 1. The highest BCUT2D eigenvalue weighted by molar-refractivity contribution is 5.94. The van der Waals surface area contributed by atoms with E-state index in [1.54, 1.807) is 0 Å².